The van der Waals surface area contributed by atoms with Crippen LogP contribution in [-0.2, 0) is 16.1 Å². The molecule has 2 heterocycles. The van der Waals surface area contributed by atoms with Crippen LogP contribution < -0.4 is 10.6 Å². The molecule has 0 spiro atoms. The van der Waals surface area contributed by atoms with E-state index in [0.29, 0.717) is 39.0 Å². The van der Waals surface area contributed by atoms with E-state index in [1.807, 2.05) is 30.3 Å². The number of hydrogen-bond donors (Lipinski definition) is 2. The summed E-state index contributed by atoms with van der Waals surface area (Å²) in [6.45, 7) is 4.51. The molecule has 0 aromatic heterocycles. The third kappa shape index (κ3) is 9.35. The quantitative estimate of drug-likeness (QED) is 0.309. The molecule has 206 valence electrons. The molecule has 7 heteroatoms. The van der Waals surface area contributed by atoms with Crippen molar-refractivity contribution in [2.75, 3.05) is 19.6 Å². The van der Waals surface area contributed by atoms with Gasteiger partial charge in [-0.05, 0) is 37.7 Å². The van der Waals surface area contributed by atoms with Gasteiger partial charge in [-0.25, -0.2) is 4.79 Å². The lowest BCUT2D eigenvalue weighted by atomic mass is 10.1. The first-order valence-electron chi connectivity index (χ1n) is 14.8. The first-order valence-corrected chi connectivity index (χ1v) is 14.8. The molecule has 1 aromatic carbocycles. The van der Waals surface area contributed by atoms with Gasteiger partial charge in [0.15, 0.2) is 0 Å². The average Bonchev–Trinajstić information content (AvgIpc) is 3.61. The van der Waals surface area contributed by atoms with Gasteiger partial charge in [0.05, 0.1) is 0 Å². The second-order valence-electron chi connectivity index (χ2n) is 10.7. The number of urea groups is 1. The van der Waals surface area contributed by atoms with Crippen LogP contribution in [-0.4, -0.2) is 59.4 Å². The van der Waals surface area contributed by atoms with Crippen molar-refractivity contribution in [3.63, 3.8) is 0 Å². The second-order valence-corrected chi connectivity index (χ2v) is 10.7. The second kappa shape index (κ2) is 16.3. The summed E-state index contributed by atoms with van der Waals surface area (Å²) < 4.78 is 0. The number of nitrogens with one attached hydrogen (secondary N) is 2. The maximum atomic E-state index is 13.4. The Labute approximate surface area is 223 Å². The van der Waals surface area contributed by atoms with Crippen LogP contribution in [0.1, 0.15) is 102 Å². The van der Waals surface area contributed by atoms with Crippen molar-refractivity contribution in [1.82, 2.24) is 20.4 Å². The van der Waals surface area contributed by atoms with E-state index >= 15 is 0 Å². The molecule has 2 fully saturated rings. The lowest BCUT2D eigenvalue weighted by molar-refractivity contribution is -0.141. The number of amides is 4. The zero-order valence-electron chi connectivity index (χ0n) is 22.9. The van der Waals surface area contributed by atoms with Crippen molar-refractivity contribution in [3.8, 4) is 0 Å². The Morgan fingerprint density at radius 3 is 2.03 bits per heavy atom. The molecule has 0 aliphatic carbocycles. The highest BCUT2D eigenvalue weighted by atomic mass is 16.2. The molecule has 0 saturated carbocycles. The number of rotatable bonds is 15. The van der Waals surface area contributed by atoms with Crippen LogP contribution >= 0.6 is 0 Å². The van der Waals surface area contributed by atoms with Gasteiger partial charge in [-0.3, -0.25) is 9.59 Å². The van der Waals surface area contributed by atoms with Crippen molar-refractivity contribution >= 4 is 17.8 Å². The molecule has 2 aliphatic rings. The van der Waals surface area contributed by atoms with E-state index in [2.05, 4.69) is 17.6 Å². The fourth-order valence-electron chi connectivity index (χ4n) is 5.58. The molecule has 2 saturated heterocycles. The topological polar surface area (TPSA) is 81.8 Å². The predicted molar refractivity (Wildman–Crippen MR) is 148 cm³/mol. The van der Waals surface area contributed by atoms with Gasteiger partial charge in [-0.2, -0.15) is 0 Å². The van der Waals surface area contributed by atoms with Gasteiger partial charge in [0, 0.05) is 26.2 Å². The summed E-state index contributed by atoms with van der Waals surface area (Å²) >= 11 is 0. The molecule has 3 rings (SSSR count). The first kappa shape index (κ1) is 29.0. The largest absolute Gasteiger partial charge is 0.354 e. The lowest BCUT2D eigenvalue weighted by Gasteiger charge is -2.31. The van der Waals surface area contributed by atoms with Gasteiger partial charge >= 0.3 is 6.03 Å². The van der Waals surface area contributed by atoms with Crippen molar-refractivity contribution in [3.05, 3.63) is 35.9 Å². The van der Waals surface area contributed by atoms with E-state index in [-0.39, 0.29) is 17.8 Å². The Balaban J connectivity index is 1.36. The Morgan fingerprint density at radius 1 is 0.757 bits per heavy atom. The predicted octanol–water partition coefficient (Wildman–Crippen LogP) is 5.39. The number of carbonyl (C=O) groups excluding carboxylic acids is 3. The summed E-state index contributed by atoms with van der Waals surface area (Å²) in [4.78, 5) is 42.6. The summed E-state index contributed by atoms with van der Waals surface area (Å²) in [6, 6.07) is 8.67. The fourth-order valence-corrected chi connectivity index (χ4v) is 5.58. The monoisotopic (exact) mass is 512 g/mol. The van der Waals surface area contributed by atoms with Crippen molar-refractivity contribution < 1.29 is 14.4 Å². The van der Waals surface area contributed by atoms with Crippen LogP contribution in [0.2, 0.25) is 0 Å². The third-order valence-electron chi connectivity index (χ3n) is 7.75. The standard InChI is InChI=1S/C30H48N4O3/c1-2-3-4-5-6-7-8-9-10-14-21-31-28(35)26-19-15-22-33(26)29(36)27-20-16-23-34(27)30(37)32-24-25-17-12-11-13-18-25/h11-13,17-18,26-27H,2-10,14-16,19-24H2,1H3,(H,31,35)(H,32,37)/t26-,27?/m0/s1. The Hall–Kier alpha value is -2.57. The number of unbranched alkanes of at least 4 members (excludes halogenated alkanes) is 9. The number of carbonyl (C=O) groups is 3. The van der Waals surface area contributed by atoms with Crippen molar-refractivity contribution in [2.45, 2.75) is 115 Å². The summed E-state index contributed by atoms with van der Waals surface area (Å²) in [5, 5.41) is 6.02. The maximum absolute atomic E-state index is 13.4. The Kier molecular flexibility index (Phi) is 12.8. The average molecular weight is 513 g/mol. The summed E-state index contributed by atoms with van der Waals surface area (Å²) in [7, 11) is 0. The first-order chi connectivity index (χ1) is 18.1. The Bertz CT molecular complexity index is 831. The molecular weight excluding hydrogens is 464 g/mol. The van der Waals surface area contributed by atoms with E-state index in [1.165, 1.54) is 51.4 Å². The summed E-state index contributed by atoms with van der Waals surface area (Å²) in [5.74, 6) is -0.121. The third-order valence-corrected chi connectivity index (χ3v) is 7.75. The van der Waals surface area contributed by atoms with E-state index < -0.39 is 12.1 Å². The van der Waals surface area contributed by atoms with Gasteiger partial charge in [0.2, 0.25) is 11.8 Å². The van der Waals surface area contributed by atoms with Crippen LogP contribution in [0.3, 0.4) is 0 Å². The molecule has 37 heavy (non-hydrogen) atoms. The maximum Gasteiger partial charge on any atom is 0.318 e. The van der Waals surface area contributed by atoms with Gasteiger partial charge < -0.3 is 20.4 Å². The van der Waals surface area contributed by atoms with E-state index in [0.717, 1.165) is 31.2 Å². The number of nitrogens with zero attached hydrogens (tertiary/aromatic N) is 2. The van der Waals surface area contributed by atoms with Gasteiger partial charge in [0.25, 0.3) is 0 Å². The summed E-state index contributed by atoms with van der Waals surface area (Å²) in [5.41, 5.74) is 1.02. The van der Waals surface area contributed by atoms with Gasteiger partial charge in [-0.15, -0.1) is 0 Å². The minimum Gasteiger partial charge on any atom is -0.354 e. The highest BCUT2D eigenvalue weighted by Gasteiger charge is 2.42. The van der Waals surface area contributed by atoms with E-state index in [9.17, 15) is 14.4 Å². The molecule has 2 atom stereocenters. The van der Waals surface area contributed by atoms with E-state index in [1.54, 1.807) is 9.80 Å². The highest BCUT2D eigenvalue weighted by molar-refractivity contribution is 5.92. The lowest BCUT2D eigenvalue weighted by Crippen LogP contribution is -2.54. The number of hydrogen-bond acceptors (Lipinski definition) is 3. The van der Waals surface area contributed by atoms with Gasteiger partial charge in [-0.1, -0.05) is 95.0 Å². The van der Waals surface area contributed by atoms with Crippen LogP contribution in [0.25, 0.3) is 0 Å². The minimum absolute atomic E-state index is 0.0418. The fraction of sp³-hybridized carbons (Fsp3) is 0.700. The molecule has 1 unspecified atom stereocenters. The molecule has 2 aliphatic heterocycles. The molecule has 2 N–H and O–H groups in total. The van der Waals surface area contributed by atoms with E-state index in [4.69, 9.17) is 0 Å². The van der Waals surface area contributed by atoms with Crippen LogP contribution in [0.15, 0.2) is 30.3 Å². The number of likely N-dealkylation sites (tertiary alicyclic amines) is 2. The van der Waals surface area contributed by atoms with Crippen LogP contribution in [0.5, 0.6) is 0 Å². The van der Waals surface area contributed by atoms with Crippen molar-refractivity contribution in [1.29, 1.82) is 0 Å². The summed E-state index contributed by atoms with van der Waals surface area (Å²) in [6.07, 6.45) is 15.6. The minimum atomic E-state index is -0.480. The Morgan fingerprint density at radius 2 is 1.35 bits per heavy atom. The highest BCUT2D eigenvalue weighted by Crippen LogP contribution is 2.25. The molecule has 1 aromatic rings. The van der Waals surface area contributed by atoms with Gasteiger partial charge in [0.1, 0.15) is 12.1 Å². The van der Waals surface area contributed by atoms with Crippen molar-refractivity contribution in [2.24, 2.45) is 0 Å². The normalized spacial score (nSPS) is 19.3. The molecule has 0 bridgehead atoms. The molecule has 7 nitrogen and oxygen atoms in total. The SMILES string of the molecule is CCCCCCCCCCCCNC(=O)[C@@H]1CCCN1C(=O)C1CCCN1C(=O)NCc1ccccc1. The molecule has 4 amide bonds. The zero-order chi connectivity index (χ0) is 26.3. The smallest absolute Gasteiger partial charge is 0.318 e. The molecule has 0 radical (unpaired) electrons. The van der Waals surface area contributed by atoms with Crippen LogP contribution in [0, 0.1) is 0 Å². The molecular formula is C30H48N4O3. The number of benzene rings is 1. The van der Waals surface area contributed by atoms with Crippen LogP contribution in [0.4, 0.5) is 4.79 Å². The zero-order valence-corrected chi connectivity index (χ0v) is 22.9.